The van der Waals surface area contributed by atoms with Crippen LogP contribution in [0.2, 0.25) is 0 Å². The van der Waals surface area contributed by atoms with Crippen LogP contribution in [0.1, 0.15) is 57.1 Å². The van der Waals surface area contributed by atoms with Gasteiger partial charge in [-0.3, -0.25) is 4.99 Å². The molecule has 6 nitrogen and oxygen atoms in total. The summed E-state index contributed by atoms with van der Waals surface area (Å²) >= 11 is 0. The van der Waals surface area contributed by atoms with E-state index in [4.69, 9.17) is 9.47 Å². The molecule has 1 saturated carbocycles. The van der Waals surface area contributed by atoms with Gasteiger partial charge >= 0.3 is 0 Å². The van der Waals surface area contributed by atoms with Crippen LogP contribution in [0.15, 0.2) is 29.3 Å². The molecule has 1 aromatic rings. The van der Waals surface area contributed by atoms with Crippen LogP contribution < -0.4 is 15.4 Å². The molecule has 0 saturated heterocycles. The Morgan fingerprint density at radius 2 is 1.93 bits per heavy atom. The van der Waals surface area contributed by atoms with Crippen LogP contribution >= 0.6 is 0 Å². The highest BCUT2D eigenvalue weighted by atomic mass is 16.5. The van der Waals surface area contributed by atoms with E-state index in [9.17, 15) is 5.11 Å². The van der Waals surface area contributed by atoms with E-state index >= 15 is 0 Å². The Balaban J connectivity index is 1.70. The van der Waals surface area contributed by atoms with E-state index in [0.717, 1.165) is 43.4 Å². The summed E-state index contributed by atoms with van der Waals surface area (Å²) in [5, 5.41) is 16.9. The highest BCUT2D eigenvalue weighted by molar-refractivity contribution is 5.79. The van der Waals surface area contributed by atoms with Gasteiger partial charge in [0.1, 0.15) is 5.75 Å². The Bertz CT molecular complexity index is 542. The molecule has 152 valence electrons. The SMILES string of the molecule is CCNC(=NCC(O)c1ccc(OC)cc1)NCCCOC1CCCCC1. The molecular formula is C21H35N3O3. The quantitative estimate of drug-likeness (QED) is 0.332. The highest BCUT2D eigenvalue weighted by Gasteiger charge is 2.13. The van der Waals surface area contributed by atoms with Crippen molar-refractivity contribution in [3.63, 3.8) is 0 Å². The first kappa shape index (κ1) is 21.5. The standard InChI is InChI=1S/C21H35N3O3/c1-3-22-21(23-14-7-15-27-19-8-5-4-6-9-19)24-16-20(25)17-10-12-18(26-2)13-11-17/h10-13,19-20,25H,3-9,14-16H2,1-2H3,(H2,22,23,24). The number of aliphatic hydroxyl groups is 1. The number of guanidine groups is 1. The lowest BCUT2D eigenvalue weighted by molar-refractivity contribution is 0.0277. The monoisotopic (exact) mass is 377 g/mol. The van der Waals surface area contributed by atoms with E-state index in [1.54, 1.807) is 7.11 Å². The summed E-state index contributed by atoms with van der Waals surface area (Å²) in [6.07, 6.45) is 7.14. The Kier molecular flexibility index (Phi) is 10.0. The van der Waals surface area contributed by atoms with Crippen LogP contribution in [0, 0.1) is 0 Å². The van der Waals surface area contributed by atoms with E-state index < -0.39 is 6.10 Å². The van der Waals surface area contributed by atoms with Gasteiger partial charge in [-0.25, -0.2) is 0 Å². The molecule has 0 amide bonds. The van der Waals surface area contributed by atoms with Gasteiger partial charge < -0.3 is 25.2 Å². The number of methoxy groups -OCH3 is 1. The second-order valence-electron chi connectivity index (χ2n) is 6.92. The summed E-state index contributed by atoms with van der Waals surface area (Å²) in [6.45, 7) is 4.70. The largest absolute Gasteiger partial charge is 0.497 e. The zero-order chi connectivity index (χ0) is 19.3. The lowest BCUT2D eigenvalue weighted by Gasteiger charge is -2.22. The van der Waals surface area contributed by atoms with Crippen LogP contribution in [0.25, 0.3) is 0 Å². The van der Waals surface area contributed by atoms with E-state index in [-0.39, 0.29) is 0 Å². The lowest BCUT2D eigenvalue weighted by atomic mass is 9.98. The molecule has 0 aromatic heterocycles. The van der Waals surface area contributed by atoms with E-state index in [2.05, 4.69) is 15.6 Å². The van der Waals surface area contributed by atoms with Crippen LogP contribution in [-0.2, 0) is 4.74 Å². The Labute approximate surface area is 163 Å². The molecule has 6 heteroatoms. The van der Waals surface area contributed by atoms with E-state index in [0.29, 0.717) is 12.6 Å². The van der Waals surface area contributed by atoms with Crippen molar-refractivity contribution in [1.29, 1.82) is 0 Å². The van der Waals surface area contributed by atoms with Crippen molar-refractivity contribution < 1.29 is 14.6 Å². The molecule has 2 rings (SSSR count). The number of nitrogens with one attached hydrogen (secondary N) is 2. The molecule has 0 heterocycles. The van der Waals surface area contributed by atoms with Gasteiger partial charge in [0.05, 0.1) is 25.9 Å². The molecule has 1 atom stereocenters. The summed E-state index contributed by atoms with van der Waals surface area (Å²) in [6, 6.07) is 7.42. The molecule has 0 aliphatic heterocycles. The smallest absolute Gasteiger partial charge is 0.191 e. The van der Waals surface area contributed by atoms with Gasteiger partial charge in [0.25, 0.3) is 0 Å². The minimum Gasteiger partial charge on any atom is -0.497 e. The fraction of sp³-hybridized carbons (Fsp3) is 0.667. The molecule has 1 aliphatic rings. The minimum absolute atomic E-state index is 0.306. The molecule has 0 bridgehead atoms. The first-order chi connectivity index (χ1) is 13.2. The zero-order valence-electron chi connectivity index (χ0n) is 16.7. The number of benzene rings is 1. The van der Waals surface area contributed by atoms with Crippen molar-refractivity contribution in [3.8, 4) is 5.75 Å². The molecule has 0 radical (unpaired) electrons. The van der Waals surface area contributed by atoms with Gasteiger partial charge in [-0.1, -0.05) is 31.4 Å². The predicted molar refractivity (Wildman–Crippen MR) is 109 cm³/mol. The molecule has 0 spiro atoms. The molecule has 1 aromatic carbocycles. The summed E-state index contributed by atoms with van der Waals surface area (Å²) in [4.78, 5) is 4.49. The Hall–Kier alpha value is -1.79. The second kappa shape index (κ2) is 12.6. The number of ether oxygens (including phenoxy) is 2. The summed E-state index contributed by atoms with van der Waals surface area (Å²) in [5.74, 6) is 1.50. The Morgan fingerprint density at radius 3 is 2.59 bits per heavy atom. The summed E-state index contributed by atoms with van der Waals surface area (Å²) < 4.78 is 11.1. The van der Waals surface area contributed by atoms with Gasteiger partial charge in [0.15, 0.2) is 5.96 Å². The number of rotatable bonds is 10. The molecule has 1 unspecified atom stereocenters. The minimum atomic E-state index is -0.638. The number of aliphatic imine (C=N–C) groups is 1. The van der Waals surface area contributed by atoms with Gasteiger partial charge in [-0.05, 0) is 43.9 Å². The lowest BCUT2D eigenvalue weighted by Crippen LogP contribution is -2.38. The van der Waals surface area contributed by atoms with Crippen LogP contribution in [0.5, 0.6) is 5.75 Å². The maximum atomic E-state index is 10.3. The predicted octanol–water partition coefficient (Wildman–Crippen LogP) is 3.02. The van der Waals surface area contributed by atoms with Crippen molar-refractivity contribution in [1.82, 2.24) is 10.6 Å². The van der Waals surface area contributed by atoms with Crippen LogP contribution in [0.3, 0.4) is 0 Å². The normalized spacial score (nSPS) is 16.8. The number of nitrogens with zero attached hydrogens (tertiary/aromatic N) is 1. The second-order valence-corrected chi connectivity index (χ2v) is 6.92. The topological polar surface area (TPSA) is 75.1 Å². The fourth-order valence-electron chi connectivity index (χ4n) is 3.21. The van der Waals surface area contributed by atoms with E-state index in [1.807, 2.05) is 31.2 Å². The molecule has 1 aliphatic carbocycles. The van der Waals surface area contributed by atoms with Crippen molar-refractivity contribution in [3.05, 3.63) is 29.8 Å². The maximum absolute atomic E-state index is 10.3. The van der Waals surface area contributed by atoms with Crippen LogP contribution in [-0.4, -0.2) is 50.5 Å². The molecule has 1 fully saturated rings. The van der Waals surface area contributed by atoms with E-state index in [1.165, 1.54) is 32.1 Å². The number of hydrogen-bond acceptors (Lipinski definition) is 4. The first-order valence-corrected chi connectivity index (χ1v) is 10.2. The van der Waals surface area contributed by atoms with Crippen molar-refractivity contribution in [2.45, 2.75) is 57.7 Å². The third kappa shape index (κ3) is 8.18. The Morgan fingerprint density at radius 1 is 1.19 bits per heavy atom. The average molecular weight is 378 g/mol. The molecule has 3 N–H and O–H groups in total. The zero-order valence-corrected chi connectivity index (χ0v) is 16.7. The van der Waals surface area contributed by atoms with Gasteiger partial charge in [0, 0.05) is 19.7 Å². The third-order valence-corrected chi connectivity index (χ3v) is 4.79. The van der Waals surface area contributed by atoms with Gasteiger partial charge in [-0.2, -0.15) is 0 Å². The fourth-order valence-corrected chi connectivity index (χ4v) is 3.21. The summed E-state index contributed by atoms with van der Waals surface area (Å²) in [7, 11) is 1.63. The average Bonchev–Trinajstić information content (AvgIpc) is 2.72. The number of hydrogen-bond donors (Lipinski definition) is 3. The van der Waals surface area contributed by atoms with Crippen molar-refractivity contribution in [2.24, 2.45) is 4.99 Å². The molecule has 27 heavy (non-hydrogen) atoms. The maximum Gasteiger partial charge on any atom is 0.191 e. The van der Waals surface area contributed by atoms with Gasteiger partial charge in [0.2, 0.25) is 0 Å². The number of aliphatic hydroxyl groups excluding tert-OH is 1. The van der Waals surface area contributed by atoms with Crippen molar-refractivity contribution >= 4 is 5.96 Å². The van der Waals surface area contributed by atoms with Crippen molar-refractivity contribution in [2.75, 3.05) is 33.4 Å². The molecular weight excluding hydrogens is 342 g/mol. The first-order valence-electron chi connectivity index (χ1n) is 10.2. The third-order valence-electron chi connectivity index (χ3n) is 4.79. The van der Waals surface area contributed by atoms with Crippen LogP contribution in [0.4, 0.5) is 0 Å². The summed E-state index contributed by atoms with van der Waals surface area (Å²) in [5.41, 5.74) is 0.830. The van der Waals surface area contributed by atoms with Gasteiger partial charge in [-0.15, -0.1) is 0 Å². The highest BCUT2D eigenvalue weighted by Crippen LogP contribution is 2.20.